The van der Waals surface area contributed by atoms with Crippen molar-refractivity contribution in [3.05, 3.63) is 89.5 Å². The van der Waals surface area contributed by atoms with Crippen molar-refractivity contribution >= 4 is 21.6 Å². The van der Waals surface area contributed by atoms with Crippen LogP contribution >= 0.6 is 0 Å². The fraction of sp³-hybridized carbons (Fsp3) is 0.321. The highest BCUT2D eigenvalue weighted by Gasteiger charge is 2.33. The van der Waals surface area contributed by atoms with E-state index in [-0.39, 0.29) is 29.1 Å². The number of sulfonamides is 1. The topological polar surface area (TPSA) is 75.7 Å². The number of para-hydroxylation sites is 1. The summed E-state index contributed by atoms with van der Waals surface area (Å²) in [5.41, 5.74) is 0.346. The predicted molar refractivity (Wildman–Crippen MR) is 141 cm³/mol. The number of amides is 1. The van der Waals surface area contributed by atoms with Crippen LogP contribution in [0.2, 0.25) is 0 Å². The highest BCUT2D eigenvalue weighted by atomic mass is 32.2. The van der Waals surface area contributed by atoms with Crippen molar-refractivity contribution in [3.8, 4) is 5.75 Å². The highest BCUT2D eigenvalue weighted by Crippen LogP contribution is 2.33. The molecule has 0 atom stereocenters. The lowest BCUT2D eigenvalue weighted by atomic mass is 9.86. The summed E-state index contributed by atoms with van der Waals surface area (Å²) in [6.45, 7) is 7.40. The number of carbonyl (C=O) groups excluding carboxylic acids is 1. The molecule has 6 nitrogen and oxygen atoms in total. The lowest BCUT2D eigenvalue weighted by Crippen LogP contribution is -2.42. The molecule has 1 amide bonds. The van der Waals surface area contributed by atoms with Gasteiger partial charge in [0, 0.05) is 0 Å². The van der Waals surface area contributed by atoms with Gasteiger partial charge in [0.05, 0.1) is 22.7 Å². The Kier molecular flexibility index (Phi) is 8.76. The average molecular weight is 549 g/mol. The number of anilines is 1. The van der Waals surface area contributed by atoms with Gasteiger partial charge in [0.2, 0.25) is 5.91 Å². The zero-order valence-corrected chi connectivity index (χ0v) is 22.5. The first kappa shape index (κ1) is 29.0. The van der Waals surface area contributed by atoms with E-state index in [1.807, 2.05) is 45.0 Å². The molecule has 0 fully saturated rings. The second-order valence-electron chi connectivity index (χ2n) is 9.82. The van der Waals surface area contributed by atoms with E-state index in [1.54, 1.807) is 19.1 Å². The number of halogens is 3. The molecule has 1 N–H and O–H groups in total. The number of nitrogens with zero attached hydrogens (tertiary/aromatic N) is 1. The fourth-order valence-electron chi connectivity index (χ4n) is 3.74. The molecular formula is C28H31F3N2O4S. The van der Waals surface area contributed by atoms with Gasteiger partial charge in [-0.2, -0.15) is 13.2 Å². The largest absolute Gasteiger partial charge is 0.491 e. The van der Waals surface area contributed by atoms with Crippen LogP contribution in [0.5, 0.6) is 5.75 Å². The van der Waals surface area contributed by atoms with Gasteiger partial charge in [0.25, 0.3) is 10.0 Å². The van der Waals surface area contributed by atoms with E-state index >= 15 is 0 Å². The molecule has 10 heteroatoms. The SMILES string of the molecule is Cc1ccc(S(=O)(=O)N(CC(=O)NCCOc2ccccc2C(C)(C)C)c2cccc(C(F)(F)F)c2)cc1. The van der Waals surface area contributed by atoms with Crippen molar-refractivity contribution < 1.29 is 31.1 Å². The van der Waals surface area contributed by atoms with Crippen LogP contribution in [-0.4, -0.2) is 34.0 Å². The van der Waals surface area contributed by atoms with Crippen molar-refractivity contribution in [2.75, 3.05) is 24.0 Å². The second kappa shape index (κ2) is 11.5. The van der Waals surface area contributed by atoms with Gasteiger partial charge in [-0.25, -0.2) is 8.42 Å². The van der Waals surface area contributed by atoms with Crippen molar-refractivity contribution in [2.45, 2.75) is 44.2 Å². The van der Waals surface area contributed by atoms with Gasteiger partial charge in [0.1, 0.15) is 18.9 Å². The Bertz CT molecular complexity index is 1370. The first-order valence-electron chi connectivity index (χ1n) is 12.0. The molecule has 0 aromatic heterocycles. The summed E-state index contributed by atoms with van der Waals surface area (Å²) in [4.78, 5) is 12.6. The molecule has 0 saturated heterocycles. The maximum Gasteiger partial charge on any atom is 0.416 e. The maximum atomic E-state index is 13.4. The average Bonchev–Trinajstić information content (AvgIpc) is 2.84. The van der Waals surface area contributed by atoms with Gasteiger partial charge in [-0.1, -0.05) is 62.7 Å². The molecule has 3 aromatic carbocycles. The number of benzene rings is 3. The Hall–Kier alpha value is -3.53. The van der Waals surface area contributed by atoms with Crippen LogP contribution in [0.1, 0.15) is 37.5 Å². The minimum absolute atomic E-state index is 0.0678. The van der Waals surface area contributed by atoms with Gasteiger partial charge < -0.3 is 10.1 Å². The van der Waals surface area contributed by atoms with Gasteiger partial charge in [-0.05, 0) is 54.3 Å². The van der Waals surface area contributed by atoms with Crippen molar-refractivity contribution in [2.24, 2.45) is 0 Å². The lowest BCUT2D eigenvalue weighted by Gasteiger charge is -2.25. The minimum atomic E-state index is -4.68. The zero-order valence-electron chi connectivity index (χ0n) is 21.7. The summed E-state index contributed by atoms with van der Waals surface area (Å²) in [7, 11) is -4.35. The number of hydrogen-bond acceptors (Lipinski definition) is 4. The van der Waals surface area contributed by atoms with Crippen LogP contribution in [0.25, 0.3) is 0 Å². The molecule has 0 bridgehead atoms. The van der Waals surface area contributed by atoms with Gasteiger partial charge in [-0.15, -0.1) is 0 Å². The van der Waals surface area contributed by atoms with E-state index in [0.717, 1.165) is 23.3 Å². The highest BCUT2D eigenvalue weighted by molar-refractivity contribution is 7.92. The number of aryl methyl sites for hydroxylation is 1. The molecule has 3 aromatic rings. The molecule has 38 heavy (non-hydrogen) atoms. The third-order valence-electron chi connectivity index (χ3n) is 5.73. The molecule has 0 aliphatic heterocycles. The molecule has 3 rings (SSSR count). The Labute approximate surface area is 221 Å². The first-order valence-corrected chi connectivity index (χ1v) is 13.4. The van der Waals surface area contributed by atoms with Crippen molar-refractivity contribution in [1.82, 2.24) is 5.32 Å². The van der Waals surface area contributed by atoms with Crippen LogP contribution < -0.4 is 14.4 Å². The van der Waals surface area contributed by atoms with Crippen molar-refractivity contribution in [3.63, 3.8) is 0 Å². The molecule has 0 saturated carbocycles. The Morgan fingerprint density at radius 1 is 0.947 bits per heavy atom. The molecule has 0 spiro atoms. The Balaban J connectivity index is 1.78. The molecule has 0 heterocycles. The lowest BCUT2D eigenvalue weighted by molar-refractivity contribution is -0.137. The summed E-state index contributed by atoms with van der Waals surface area (Å²) in [6, 6.07) is 17.3. The van der Waals surface area contributed by atoms with E-state index in [2.05, 4.69) is 5.32 Å². The summed E-state index contributed by atoms with van der Waals surface area (Å²) >= 11 is 0. The molecule has 0 aliphatic rings. The monoisotopic (exact) mass is 548 g/mol. The van der Waals surface area contributed by atoms with E-state index < -0.39 is 34.2 Å². The summed E-state index contributed by atoms with van der Waals surface area (Å²) < 4.78 is 73.4. The molecule has 0 unspecified atom stereocenters. The minimum Gasteiger partial charge on any atom is -0.491 e. The fourth-order valence-corrected chi connectivity index (χ4v) is 5.15. The molecule has 0 radical (unpaired) electrons. The smallest absolute Gasteiger partial charge is 0.416 e. The molecular weight excluding hydrogens is 517 g/mol. The number of rotatable bonds is 9. The molecule has 0 aliphatic carbocycles. The van der Waals surface area contributed by atoms with Crippen LogP contribution in [0.15, 0.2) is 77.7 Å². The van der Waals surface area contributed by atoms with Crippen molar-refractivity contribution in [1.29, 1.82) is 0 Å². The van der Waals surface area contributed by atoms with Crippen LogP contribution in [0, 0.1) is 6.92 Å². The van der Waals surface area contributed by atoms with Crippen LogP contribution in [0.3, 0.4) is 0 Å². The van der Waals surface area contributed by atoms with E-state index in [1.165, 1.54) is 18.2 Å². The van der Waals surface area contributed by atoms with Gasteiger partial charge in [-0.3, -0.25) is 9.10 Å². The number of ether oxygens (including phenoxy) is 1. The van der Waals surface area contributed by atoms with E-state index in [9.17, 15) is 26.4 Å². The number of hydrogen-bond donors (Lipinski definition) is 1. The summed E-state index contributed by atoms with van der Waals surface area (Å²) in [5.74, 6) is -0.0207. The summed E-state index contributed by atoms with van der Waals surface area (Å²) in [5, 5.41) is 2.60. The number of nitrogens with one attached hydrogen (secondary N) is 1. The Morgan fingerprint density at radius 2 is 1.61 bits per heavy atom. The second-order valence-corrected chi connectivity index (χ2v) is 11.7. The van der Waals surface area contributed by atoms with E-state index in [0.29, 0.717) is 16.1 Å². The Morgan fingerprint density at radius 3 is 2.24 bits per heavy atom. The zero-order chi connectivity index (χ0) is 28.1. The van der Waals surface area contributed by atoms with Gasteiger partial charge in [0.15, 0.2) is 0 Å². The molecule has 204 valence electrons. The number of carbonyl (C=O) groups is 1. The third-order valence-corrected chi connectivity index (χ3v) is 7.52. The number of alkyl halides is 3. The van der Waals surface area contributed by atoms with E-state index in [4.69, 9.17) is 4.74 Å². The summed E-state index contributed by atoms with van der Waals surface area (Å²) in [6.07, 6.45) is -4.68. The first-order chi connectivity index (χ1) is 17.7. The third kappa shape index (κ3) is 7.28. The maximum absolute atomic E-state index is 13.4. The van der Waals surface area contributed by atoms with Gasteiger partial charge >= 0.3 is 6.18 Å². The quantitative estimate of drug-likeness (QED) is 0.348. The predicted octanol–water partition coefficient (Wildman–Crippen LogP) is 5.70. The van der Waals surface area contributed by atoms with Crippen LogP contribution in [-0.2, 0) is 26.4 Å². The van der Waals surface area contributed by atoms with Crippen LogP contribution in [0.4, 0.5) is 18.9 Å². The standard InChI is InChI=1S/C28H31F3N2O4S/c1-20-12-14-23(15-13-20)38(35,36)33(22-9-7-8-21(18-22)28(29,30)31)19-26(34)32-16-17-37-25-11-6-5-10-24(25)27(2,3)4/h5-15,18H,16-17,19H2,1-4H3,(H,32,34). The normalized spacial score (nSPS) is 12.2.